The van der Waals surface area contributed by atoms with Gasteiger partial charge in [-0.2, -0.15) is 0 Å². The minimum atomic E-state index is -0.405. The molecule has 2 amide bonds. The fourth-order valence-corrected chi connectivity index (χ4v) is 1.40. The maximum atomic E-state index is 11.2. The Bertz CT molecular complexity index is 414. The fraction of sp³-hybridized carbons (Fsp3) is 0.273. The summed E-state index contributed by atoms with van der Waals surface area (Å²) >= 11 is 0. The average molecular weight is 223 g/mol. The van der Waals surface area contributed by atoms with Crippen LogP contribution in [-0.4, -0.2) is 24.0 Å². The molecule has 0 fully saturated rings. The van der Waals surface area contributed by atoms with Crippen LogP contribution in [0.2, 0.25) is 0 Å². The van der Waals surface area contributed by atoms with Gasteiger partial charge in [-0.3, -0.25) is 14.5 Å². The lowest BCUT2D eigenvalue weighted by Crippen LogP contribution is -2.32. The largest absolute Gasteiger partial charge is 0.504 e. The highest BCUT2D eigenvalue weighted by atomic mass is 16.5. The molecule has 0 radical (unpaired) electrons. The summed E-state index contributed by atoms with van der Waals surface area (Å²) in [5.74, 6) is -0.641. The number of methoxy groups -OCH3 is 1. The van der Waals surface area contributed by atoms with E-state index in [4.69, 9.17) is 4.74 Å². The van der Waals surface area contributed by atoms with Crippen LogP contribution in [0.15, 0.2) is 18.2 Å². The van der Waals surface area contributed by atoms with E-state index >= 15 is 0 Å². The van der Waals surface area contributed by atoms with Gasteiger partial charge in [0.05, 0.1) is 12.8 Å². The molecule has 0 aliphatic heterocycles. The molecule has 5 heteroatoms. The molecule has 0 aliphatic carbocycles. The molecule has 1 N–H and O–H groups in total. The van der Waals surface area contributed by atoms with Crippen LogP contribution in [-0.2, 0) is 9.59 Å². The van der Waals surface area contributed by atoms with Crippen molar-refractivity contribution in [3.8, 4) is 11.5 Å². The van der Waals surface area contributed by atoms with Crippen LogP contribution in [0, 0.1) is 0 Å². The van der Waals surface area contributed by atoms with Crippen LogP contribution in [0.3, 0.4) is 0 Å². The summed E-state index contributed by atoms with van der Waals surface area (Å²) in [7, 11) is 1.42. The van der Waals surface area contributed by atoms with E-state index in [0.717, 1.165) is 4.90 Å². The SMILES string of the molecule is COc1ccc(N(C(C)=O)C(C)=O)cc1O. The van der Waals surface area contributed by atoms with Crippen molar-refractivity contribution in [1.82, 2.24) is 0 Å². The molecule has 0 heterocycles. The first-order valence-corrected chi connectivity index (χ1v) is 4.65. The first kappa shape index (κ1) is 12.0. The van der Waals surface area contributed by atoms with Gasteiger partial charge in [-0.15, -0.1) is 0 Å². The van der Waals surface area contributed by atoms with Crippen LogP contribution >= 0.6 is 0 Å². The number of amides is 2. The summed E-state index contributed by atoms with van der Waals surface area (Å²) in [6, 6.07) is 4.33. The van der Waals surface area contributed by atoms with Crippen LogP contribution in [0.1, 0.15) is 13.8 Å². The molecule has 0 aliphatic rings. The molecule has 86 valence electrons. The van der Waals surface area contributed by atoms with Gasteiger partial charge in [0.25, 0.3) is 0 Å². The zero-order valence-electron chi connectivity index (χ0n) is 9.35. The third kappa shape index (κ3) is 2.31. The third-order valence-corrected chi connectivity index (χ3v) is 2.05. The highest BCUT2D eigenvalue weighted by molar-refractivity contribution is 6.13. The van der Waals surface area contributed by atoms with E-state index < -0.39 is 11.8 Å². The topological polar surface area (TPSA) is 66.8 Å². The Morgan fingerprint density at radius 2 is 1.81 bits per heavy atom. The molecule has 0 atom stereocenters. The smallest absolute Gasteiger partial charge is 0.230 e. The summed E-state index contributed by atoms with van der Waals surface area (Å²) in [5.41, 5.74) is 0.318. The number of carbonyl (C=O) groups excluding carboxylic acids is 2. The number of anilines is 1. The highest BCUT2D eigenvalue weighted by Crippen LogP contribution is 2.30. The van der Waals surface area contributed by atoms with Crippen LogP contribution in [0.25, 0.3) is 0 Å². The summed E-state index contributed by atoms with van der Waals surface area (Å²) in [6.45, 7) is 2.56. The number of aromatic hydroxyl groups is 1. The Hall–Kier alpha value is -2.04. The number of benzene rings is 1. The van der Waals surface area contributed by atoms with Crippen molar-refractivity contribution in [2.24, 2.45) is 0 Å². The molecule has 0 saturated carbocycles. The average Bonchev–Trinajstić information content (AvgIpc) is 2.16. The molecule has 5 nitrogen and oxygen atoms in total. The Morgan fingerprint density at radius 3 is 2.19 bits per heavy atom. The second-order valence-corrected chi connectivity index (χ2v) is 3.23. The summed E-state index contributed by atoms with van der Waals surface area (Å²) < 4.78 is 4.86. The number of hydrogen-bond acceptors (Lipinski definition) is 4. The van der Waals surface area contributed by atoms with Crippen LogP contribution < -0.4 is 9.64 Å². The number of hydrogen-bond donors (Lipinski definition) is 1. The van der Waals surface area contributed by atoms with Gasteiger partial charge in [0, 0.05) is 19.9 Å². The van der Waals surface area contributed by atoms with Gasteiger partial charge >= 0.3 is 0 Å². The second-order valence-electron chi connectivity index (χ2n) is 3.23. The fourth-order valence-electron chi connectivity index (χ4n) is 1.40. The number of ether oxygens (including phenoxy) is 1. The molecule has 0 bridgehead atoms. The minimum Gasteiger partial charge on any atom is -0.504 e. The predicted molar refractivity (Wildman–Crippen MR) is 58.5 cm³/mol. The minimum absolute atomic E-state index is 0.118. The molecular formula is C11H13NO4. The van der Waals surface area contributed by atoms with E-state index in [1.165, 1.54) is 39.2 Å². The van der Waals surface area contributed by atoms with Gasteiger partial charge in [0.2, 0.25) is 11.8 Å². The van der Waals surface area contributed by atoms with Crippen molar-refractivity contribution in [2.45, 2.75) is 13.8 Å². The van der Waals surface area contributed by atoms with Crippen molar-refractivity contribution in [3.63, 3.8) is 0 Å². The normalized spacial score (nSPS) is 9.69. The van der Waals surface area contributed by atoms with Crippen molar-refractivity contribution in [3.05, 3.63) is 18.2 Å². The number of carbonyl (C=O) groups is 2. The number of phenols is 1. The van der Waals surface area contributed by atoms with Crippen molar-refractivity contribution in [1.29, 1.82) is 0 Å². The third-order valence-electron chi connectivity index (χ3n) is 2.05. The lowest BCUT2D eigenvalue weighted by Gasteiger charge is -2.17. The number of nitrogens with zero attached hydrogens (tertiary/aromatic N) is 1. The Balaban J connectivity index is 3.17. The number of rotatable bonds is 2. The zero-order chi connectivity index (χ0) is 12.3. The lowest BCUT2D eigenvalue weighted by atomic mass is 10.2. The first-order chi connectivity index (χ1) is 7.47. The molecule has 1 aromatic carbocycles. The highest BCUT2D eigenvalue weighted by Gasteiger charge is 2.17. The standard InChI is InChI=1S/C11H13NO4/c1-7(13)12(8(2)14)9-4-5-11(16-3)10(15)6-9/h4-6,15H,1-3H3. The predicted octanol–water partition coefficient (Wildman–Crippen LogP) is 1.30. The Morgan fingerprint density at radius 1 is 1.25 bits per heavy atom. The number of imide groups is 1. The van der Waals surface area contributed by atoms with Crippen molar-refractivity contribution >= 4 is 17.5 Å². The van der Waals surface area contributed by atoms with E-state index in [-0.39, 0.29) is 11.5 Å². The van der Waals surface area contributed by atoms with E-state index in [9.17, 15) is 14.7 Å². The van der Waals surface area contributed by atoms with E-state index in [2.05, 4.69) is 0 Å². The first-order valence-electron chi connectivity index (χ1n) is 4.65. The molecule has 1 aromatic rings. The van der Waals surface area contributed by atoms with Crippen molar-refractivity contribution in [2.75, 3.05) is 12.0 Å². The van der Waals surface area contributed by atoms with Crippen LogP contribution in [0.4, 0.5) is 5.69 Å². The zero-order valence-corrected chi connectivity index (χ0v) is 9.35. The van der Waals surface area contributed by atoms with Gasteiger partial charge in [-0.05, 0) is 12.1 Å². The van der Waals surface area contributed by atoms with E-state index in [1.807, 2.05) is 0 Å². The maximum Gasteiger partial charge on any atom is 0.230 e. The summed E-state index contributed by atoms with van der Waals surface area (Å²) in [4.78, 5) is 23.5. The molecule has 16 heavy (non-hydrogen) atoms. The van der Waals surface area contributed by atoms with E-state index in [0.29, 0.717) is 5.69 Å². The van der Waals surface area contributed by atoms with Gasteiger partial charge < -0.3 is 9.84 Å². The van der Waals surface area contributed by atoms with Gasteiger partial charge in [0.1, 0.15) is 0 Å². The van der Waals surface area contributed by atoms with Crippen molar-refractivity contribution < 1.29 is 19.4 Å². The monoisotopic (exact) mass is 223 g/mol. The Kier molecular flexibility index (Phi) is 3.50. The van der Waals surface area contributed by atoms with Crippen LogP contribution in [0.5, 0.6) is 11.5 Å². The molecule has 0 saturated heterocycles. The summed E-state index contributed by atoms with van der Waals surface area (Å²) in [6.07, 6.45) is 0. The van der Waals surface area contributed by atoms with Gasteiger partial charge in [-0.25, -0.2) is 0 Å². The second kappa shape index (κ2) is 4.65. The molecular weight excluding hydrogens is 210 g/mol. The number of phenolic OH excluding ortho intramolecular Hbond substituents is 1. The quantitative estimate of drug-likeness (QED) is 0.820. The van der Waals surface area contributed by atoms with Gasteiger partial charge in [-0.1, -0.05) is 0 Å². The lowest BCUT2D eigenvalue weighted by molar-refractivity contribution is -0.124. The molecule has 0 spiro atoms. The summed E-state index contributed by atoms with van der Waals surface area (Å²) in [5, 5.41) is 9.53. The van der Waals surface area contributed by atoms with Gasteiger partial charge in [0.15, 0.2) is 11.5 Å². The molecule has 1 rings (SSSR count). The molecule has 0 aromatic heterocycles. The maximum absolute atomic E-state index is 11.2. The van der Waals surface area contributed by atoms with E-state index in [1.54, 1.807) is 0 Å². The Labute approximate surface area is 93.2 Å². The molecule has 0 unspecified atom stereocenters.